The van der Waals surface area contributed by atoms with Crippen molar-refractivity contribution in [2.45, 2.75) is 211 Å². The number of hydrogen-bond donors (Lipinski definition) is 5. The Morgan fingerprint density at radius 3 is 2.20 bits per heavy atom. The van der Waals surface area contributed by atoms with Crippen molar-refractivity contribution in [2.75, 3.05) is 61.2 Å². The van der Waals surface area contributed by atoms with E-state index in [-0.39, 0.29) is 56.1 Å². The molecule has 406 valence electrons. The maximum absolute atomic E-state index is 14.1. The molecule has 0 saturated carbocycles. The van der Waals surface area contributed by atoms with Crippen molar-refractivity contribution in [1.29, 1.82) is 0 Å². The van der Waals surface area contributed by atoms with Crippen LogP contribution in [0.2, 0.25) is 0 Å². The molecular formula is C52H92N2O16. The third-order valence-electron chi connectivity index (χ3n) is 14.8. The molecule has 0 aromatic heterocycles. The van der Waals surface area contributed by atoms with Crippen LogP contribution in [0.25, 0.3) is 0 Å². The molecule has 18 nitrogen and oxygen atoms in total. The number of methoxy groups -OCH3 is 2. The molecule has 18 heteroatoms. The molecule has 0 bridgehead atoms. The van der Waals surface area contributed by atoms with Gasteiger partial charge in [-0.25, -0.2) is 0 Å². The number of piperidine rings is 1. The van der Waals surface area contributed by atoms with Crippen LogP contribution < -0.4 is 0 Å². The fourth-order valence-electron chi connectivity index (χ4n) is 10.6. The van der Waals surface area contributed by atoms with Gasteiger partial charge in [-0.1, -0.05) is 51.8 Å². The first-order chi connectivity index (χ1) is 33.0. The smallest absolute Gasteiger partial charge is 0.305 e. The summed E-state index contributed by atoms with van der Waals surface area (Å²) in [6.45, 7) is 18.5. The lowest BCUT2D eigenvalue weighted by atomic mass is 9.81. The Bertz CT molecular complexity index is 1640. The van der Waals surface area contributed by atoms with Gasteiger partial charge in [0, 0.05) is 57.8 Å². The van der Waals surface area contributed by atoms with Crippen molar-refractivity contribution in [1.82, 2.24) is 9.80 Å². The summed E-state index contributed by atoms with van der Waals surface area (Å²) >= 11 is 0. The molecule has 0 amide bonds. The zero-order valence-corrected chi connectivity index (χ0v) is 44.6. The van der Waals surface area contributed by atoms with E-state index in [1.54, 1.807) is 39.8 Å². The summed E-state index contributed by atoms with van der Waals surface area (Å²) in [5, 5.41) is 55.0. The number of ether oxygens (including phenoxy) is 9. The molecule has 0 aromatic carbocycles. The van der Waals surface area contributed by atoms with Crippen molar-refractivity contribution < 1.29 is 77.8 Å². The number of likely N-dealkylation sites (tertiary alicyclic amines) is 1. The maximum atomic E-state index is 14.1. The first kappa shape index (κ1) is 60.6. The predicted octanol–water partition coefficient (Wildman–Crippen LogP) is 4.11. The number of ketones is 1. The van der Waals surface area contributed by atoms with Crippen molar-refractivity contribution in [3.05, 3.63) is 23.8 Å². The van der Waals surface area contributed by atoms with Gasteiger partial charge < -0.3 is 78.0 Å². The third-order valence-corrected chi connectivity index (χ3v) is 14.8. The number of carbonyl (C=O) groups is 2. The SMILES string of the molecule is CCC(=O)OC(CC)C(/C=C(C)/C=C/C(=O)C(C)CC(CCN1CCCCC1)C(OC1OC(C)C(OC2CC(C)(O)C(O)C(C)O2)C(N(C)C)C1O)C(C)CO)COC1OC(C)(O)CC(OC)C1OC. The first-order valence-corrected chi connectivity index (χ1v) is 25.9. The number of nitrogens with zero attached hydrogens (tertiary/aromatic N) is 2. The fraction of sp³-hybridized carbons (Fsp3) is 0.885. The molecule has 70 heavy (non-hydrogen) atoms. The molecule has 19 unspecified atom stereocenters. The van der Waals surface area contributed by atoms with Crippen molar-refractivity contribution in [3.63, 3.8) is 0 Å². The average molecular weight is 1000 g/mol. The lowest BCUT2D eigenvalue weighted by Gasteiger charge is -2.50. The van der Waals surface area contributed by atoms with Gasteiger partial charge in [0.15, 0.2) is 30.4 Å². The lowest BCUT2D eigenvalue weighted by molar-refractivity contribution is -0.357. The number of allylic oxidation sites excluding steroid dienone is 3. The van der Waals surface area contributed by atoms with Gasteiger partial charge in [-0.3, -0.25) is 9.59 Å². The van der Waals surface area contributed by atoms with Crippen LogP contribution in [-0.2, 0) is 52.2 Å². The second kappa shape index (κ2) is 28.1. The molecule has 0 aliphatic carbocycles. The van der Waals surface area contributed by atoms with Crippen LogP contribution in [0.3, 0.4) is 0 Å². The minimum Gasteiger partial charge on any atom is -0.462 e. The highest BCUT2D eigenvalue weighted by molar-refractivity contribution is 5.91. The van der Waals surface area contributed by atoms with Gasteiger partial charge >= 0.3 is 5.97 Å². The van der Waals surface area contributed by atoms with Crippen LogP contribution in [0, 0.1) is 23.7 Å². The zero-order valence-electron chi connectivity index (χ0n) is 44.6. The van der Waals surface area contributed by atoms with E-state index in [9.17, 15) is 35.1 Å². The maximum Gasteiger partial charge on any atom is 0.305 e. The number of rotatable bonds is 26. The van der Waals surface area contributed by atoms with Gasteiger partial charge in [-0.2, -0.15) is 0 Å². The molecule has 4 rings (SSSR count). The Morgan fingerprint density at radius 1 is 0.929 bits per heavy atom. The third kappa shape index (κ3) is 17.0. The van der Waals surface area contributed by atoms with Crippen molar-refractivity contribution >= 4 is 11.8 Å². The van der Waals surface area contributed by atoms with Gasteiger partial charge in [-0.15, -0.1) is 0 Å². The van der Waals surface area contributed by atoms with Gasteiger partial charge in [0.2, 0.25) is 0 Å². The highest BCUT2D eigenvalue weighted by Crippen LogP contribution is 2.37. The first-order valence-electron chi connectivity index (χ1n) is 25.9. The summed E-state index contributed by atoms with van der Waals surface area (Å²) < 4.78 is 55.0. The molecule has 5 N–H and O–H groups in total. The summed E-state index contributed by atoms with van der Waals surface area (Å²) in [5.41, 5.74) is -0.697. The van der Waals surface area contributed by atoms with Crippen LogP contribution in [0.4, 0.5) is 0 Å². The summed E-state index contributed by atoms with van der Waals surface area (Å²) in [7, 11) is 6.73. The standard InChI is InChI=1S/C52H92N2O16/c1-14-39(67-41(57)15-2)37(30-64-50-47(63-13)40(62-12)27-52(9,61)70-50)25-31(3)19-20-38(56)32(4)26-36(21-24-54-22-17-16-18-23-54)45(33(5)29-55)69-49-44(58)43(53(10)11)46(34(6)66-49)68-42-28-51(8,60)48(59)35(7)65-42/h19-20,25,32-37,39-40,42-50,55,58-61H,14-18,21-24,26-30H2,1-13H3/b20-19+,31-25+. The molecule has 0 spiro atoms. The molecule has 4 saturated heterocycles. The molecule has 0 aromatic rings. The topological polar surface area (TPSA) is 225 Å². The molecule has 4 heterocycles. The summed E-state index contributed by atoms with van der Waals surface area (Å²) in [5.74, 6) is -3.47. The Kier molecular flexibility index (Phi) is 24.3. The van der Waals surface area contributed by atoms with Crippen molar-refractivity contribution in [3.8, 4) is 0 Å². The largest absolute Gasteiger partial charge is 0.462 e. The van der Waals surface area contributed by atoms with Gasteiger partial charge in [-0.05, 0) is 112 Å². The highest BCUT2D eigenvalue weighted by Gasteiger charge is 2.51. The van der Waals surface area contributed by atoms with E-state index >= 15 is 0 Å². The van der Waals surface area contributed by atoms with E-state index in [0.29, 0.717) is 19.3 Å². The van der Waals surface area contributed by atoms with Crippen LogP contribution in [0.15, 0.2) is 23.8 Å². The normalized spacial score (nSPS) is 36.4. The Balaban J connectivity index is 1.55. The minimum absolute atomic E-state index is 0.0211. The van der Waals surface area contributed by atoms with Crippen LogP contribution >= 0.6 is 0 Å². The zero-order chi connectivity index (χ0) is 52.1. The monoisotopic (exact) mass is 1000 g/mol. The van der Waals surface area contributed by atoms with E-state index in [0.717, 1.165) is 38.0 Å². The van der Waals surface area contributed by atoms with E-state index in [1.807, 2.05) is 59.7 Å². The molecule has 4 aliphatic rings. The lowest BCUT2D eigenvalue weighted by Crippen LogP contribution is -2.65. The highest BCUT2D eigenvalue weighted by atomic mass is 16.8. The molecule has 0 radical (unpaired) electrons. The minimum atomic E-state index is -1.52. The van der Waals surface area contributed by atoms with E-state index in [1.165, 1.54) is 20.6 Å². The Labute approximate surface area is 418 Å². The summed E-state index contributed by atoms with van der Waals surface area (Å²) in [4.78, 5) is 31.0. The number of likely N-dealkylation sites (N-methyl/N-ethyl adjacent to an activating group) is 1. The number of hydrogen-bond acceptors (Lipinski definition) is 18. The predicted molar refractivity (Wildman–Crippen MR) is 261 cm³/mol. The van der Waals surface area contributed by atoms with Crippen LogP contribution in [0.1, 0.15) is 120 Å². The fourth-order valence-corrected chi connectivity index (χ4v) is 10.6. The second-order valence-corrected chi connectivity index (χ2v) is 21.2. The van der Waals surface area contributed by atoms with Crippen LogP contribution in [-0.4, -0.2) is 199 Å². The molecule has 4 aliphatic heterocycles. The van der Waals surface area contributed by atoms with Crippen molar-refractivity contribution in [2.24, 2.45) is 23.7 Å². The number of aliphatic hydroxyl groups is 5. The molecule has 4 fully saturated rings. The average Bonchev–Trinajstić information content (AvgIpc) is 3.31. The summed E-state index contributed by atoms with van der Waals surface area (Å²) in [6.07, 6.45) is 1.19. The Morgan fingerprint density at radius 2 is 1.61 bits per heavy atom. The van der Waals surface area contributed by atoms with E-state index < -0.39 is 103 Å². The van der Waals surface area contributed by atoms with E-state index in [4.69, 9.17) is 42.6 Å². The molecular weight excluding hydrogens is 909 g/mol. The number of aliphatic hydroxyl groups excluding tert-OH is 3. The quantitative estimate of drug-likeness (QED) is 0.0467. The number of esters is 1. The summed E-state index contributed by atoms with van der Waals surface area (Å²) in [6, 6.07) is -0.622. The number of carbonyl (C=O) groups excluding carboxylic acids is 2. The second-order valence-electron chi connectivity index (χ2n) is 21.2. The Hall–Kier alpha value is -1.98. The van der Waals surface area contributed by atoms with Gasteiger partial charge in [0.05, 0.1) is 42.7 Å². The molecule has 19 atom stereocenters. The van der Waals surface area contributed by atoms with E-state index in [2.05, 4.69) is 4.90 Å². The van der Waals surface area contributed by atoms with Gasteiger partial charge in [0.25, 0.3) is 0 Å². The van der Waals surface area contributed by atoms with Crippen LogP contribution in [0.5, 0.6) is 0 Å². The van der Waals surface area contributed by atoms with Gasteiger partial charge in [0.1, 0.15) is 30.5 Å².